The Hall–Kier alpha value is -3.07. The lowest BCUT2D eigenvalue weighted by Crippen LogP contribution is -2.48. The molecule has 9 heteroatoms. The Kier molecular flexibility index (Phi) is 5.97. The first kappa shape index (κ1) is 21.8. The van der Waals surface area contributed by atoms with Crippen LogP contribution in [0.4, 0.5) is 10.5 Å². The summed E-state index contributed by atoms with van der Waals surface area (Å²) in [6.07, 6.45) is 4.33. The Morgan fingerprint density at radius 3 is 2.64 bits per heavy atom. The van der Waals surface area contributed by atoms with Gasteiger partial charge in [-0.1, -0.05) is 25.3 Å². The van der Waals surface area contributed by atoms with E-state index in [9.17, 15) is 14.4 Å². The lowest BCUT2D eigenvalue weighted by molar-refractivity contribution is -0.132. The Morgan fingerprint density at radius 1 is 1.09 bits per heavy atom. The summed E-state index contributed by atoms with van der Waals surface area (Å²) in [5.41, 5.74) is -0.0798. The zero-order valence-electron chi connectivity index (χ0n) is 18.4. The molecule has 0 atom stereocenters. The number of benzene rings is 1. The van der Waals surface area contributed by atoms with Crippen LogP contribution in [0.5, 0.6) is 11.5 Å². The van der Waals surface area contributed by atoms with Crippen LogP contribution in [-0.4, -0.2) is 48.0 Å². The van der Waals surface area contributed by atoms with E-state index in [-0.39, 0.29) is 30.8 Å². The number of hydrogen-bond acceptors (Lipinski definition) is 6. The summed E-state index contributed by atoms with van der Waals surface area (Å²) in [5, 5.41) is 4.88. The Bertz CT molecular complexity index is 1050. The van der Waals surface area contributed by atoms with Crippen molar-refractivity contribution in [1.29, 1.82) is 0 Å². The zero-order chi connectivity index (χ0) is 22.8. The molecule has 0 bridgehead atoms. The fourth-order valence-corrected chi connectivity index (χ4v) is 5.49. The largest absolute Gasteiger partial charge is 0.486 e. The molecule has 1 aliphatic carbocycles. The average molecular weight is 470 g/mol. The van der Waals surface area contributed by atoms with Gasteiger partial charge in [-0.25, -0.2) is 4.79 Å². The highest BCUT2D eigenvalue weighted by Gasteiger charge is 2.51. The number of hydrogen-bond donors (Lipinski definition) is 1. The molecule has 2 aliphatic heterocycles. The Morgan fingerprint density at radius 2 is 1.88 bits per heavy atom. The van der Waals surface area contributed by atoms with Crippen molar-refractivity contribution in [1.82, 2.24) is 10.2 Å². The third kappa shape index (κ3) is 4.29. The van der Waals surface area contributed by atoms with Gasteiger partial charge in [0.05, 0.1) is 6.54 Å². The molecule has 2 aromatic rings. The molecule has 1 N–H and O–H groups in total. The summed E-state index contributed by atoms with van der Waals surface area (Å²) in [6.45, 7) is 1.43. The minimum absolute atomic E-state index is 0.0507. The zero-order valence-corrected chi connectivity index (χ0v) is 19.2. The molecular weight excluding hydrogens is 442 g/mol. The summed E-state index contributed by atoms with van der Waals surface area (Å²) in [5.74, 6) is 0.913. The standard InChI is InChI=1S/C24H27N3O5S/c28-21(8-11-26-22(29)24(25-23(26)30)9-2-1-3-10-24)27(16-18-5-4-14-33-18)17-6-7-19-20(15-17)32-13-12-31-19/h4-7,14-15H,1-3,8-13,16H2,(H,25,30). The first-order chi connectivity index (χ1) is 16.1. The highest BCUT2D eigenvalue weighted by molar-refractivity contribution is 7.09. The van der Waals surface area contributed by atoms with Gasteiger partial charge in [-0.3, -0.25) is 14.5 Å². The highest BCUT2D eigenvalue weighted by Crippen LogP contribution is 2.36. The number of imide groups is 1. The number of nitrogens with zero attached hydrogens (tertiary/aromatic N) is 2. The van der Waals surface area contributed by atoms with Crippen LogP contribution in [-0.2, 0) is 16.1 Å². The molecular formula is C24H27N3O5S. The Balaban J connectivity index is 1.32. The number of anilines is 1. The Labute approximate surface area is 196 Å². The number of urea groups is 1. The van der Waals surface area contributed by atoms with Crippen LogP contribution in [0.1, 0.15) is 43.4 Å². The molecule has 8 nitrogen and oxygen atoms in total. The first-order valence-corrected chi connectivity index (χ1v) is 12.3. The normalized spacial score (nSPS) is 19.0. The fraction of sp³-hybridized carbons (Fsp3) is 0.458. The monoisotopic (exact) mass is 469 g/mol. The van der Waals surface area contributed by atoms with E-state index >= 15 is 0 Å². The van der Waals surface area contributed by atoms with E-state index in [0.717, 1.165) is 24.1 Å². The van der Waals surface area contributed by atoms with E-state index in [1.54, 1.807) is 16.2 Å². The molecule has 33 heavy (non-hydrogen) atoms. The maximum absolute atomic E-state index is 13.4. The maximum atomic E-state index is 13.4. The van der Waals surface area contributed by atoms with Gasteiger partial charge in [0.15, 0.2) is 11.5 Å². The summed E-state index contributed by atoms with van der Waals surface area (Å²) in [4.78, 5) is 42.9. The number of ether oxygens (including phenoxy) is 2. The van der Waals surface area contributed by atoms with Crippen LogP contribution in [0.25, 0.3) is 0 Å². The van der Waals surface area contributed by atoms with E-state index < -0.39 is 5.54 Å². The van der Waals surface area contributed by atoms with Crippen molar-refractivity contribution in [3.05, 3.63) is 40.6 Å². The molecule has 174 valence electrons. The molecule has 1 saturated carbocycles. The molecule has 3 aliphatic rings. The lowest BCUT2D eigenvalue weighted by atomic mass is 9.82. The van der Waals surface area contributed by atoms with Gasteiger partial charge >= 0.3 is 6.03 Å². The predicted molar refractivity (Wildman–Crippen MR) is 124 cm³/mol. The number of rotatable bonds is 6. The molecule has 0 radical (unpaired) electrons. The second-order valence-corrected chi connectivity index (χ2v) is 9.70. The quantitative estimate of drug-likeness (QED) is 0.652. The molecule has 2 fully saturated rings. The third-order valence-corrected chi connectivity index (χ3v) is 7.40. The SMILES string of the molecule is O=C1NC2(CCCCC2)C(=O)N1CCC(=O)N(Cc1cccs1)c1ccc2c(c1)OCCO2. The van der Waals surface area contributed by atoms with Crippen LogP contribution in [0.2, 0.25) is 0 Å². The van der Waals surface area contributed by atoms with Gasteiger partial charge in [0.2, 0.25) is 5.91 Å². The van der Waals surface area contributed by atoms with E-state index in [1.807, 2.05) is 35.7 Å². The molecule has 4 amide bonds. The first-order valence-electron chi connectivity index (χ1n) is 11.4. The molecule has 3 heterocycles. The van der Waals surface area contributed by atoms with E-state index in [2.05, 4.69) is 5.32 Å². The molecule has 5 rings (SSSR count). The summed E-state index contributed by atoms with van der Waals surface area (Å²) < 4.78 is 11.3. The van der Waals surface area contributed by atoms with Crippen molar-refractivity contribution in [3.63, 3.8) is 0 Å². The molecule has 0 unspecified atom stereocenters. The minimum Gasteiger partial charge on any atom is -0.486 e. The fourth-order valence-electron chi connectivity index (χ4n) is 4.80. The van der Waals surface area contributed by atoms with E-state index in [4.69, 9.17) is 9.47 Å². The van der Waals surface area contributed by atoms with Crippen molar-refractivity contribution in [2.75, 3.05) is 24.7 Å². The van der Waals surface area contributed by atoms with E-state index in [0.29, 0.717) is 49.8 Å². The molecule has 1 saturated heterocycles. The van der Waals surface area contributed by atoms with Crippen LogP contribution < -0.4 is 19.7 Å². The molecule has 1 aromatic heterocycles. The van der Waals surface area contributed by atoms with E-state index in [1.165, 1.54) is 4.90 Å². The molecule has 1 aromatic carbocycles. The highest BCUT2D eigenvalue weighted by atomic mass is 32.1. The number of carbonyl (C=O) groups excluding carboxylic acids is 3. The second-order valence-electron chi connectivity index (χ2n) is 8.67. The van der Waals surface area contributed by atoms with Crippen molar-refractivity contribution in [2.24, 2.45) is 0 Å². The van der Waals surface area contributed by atoms with Crippen LogP contribution in [0.3, 0.4) is 0 Å². The van der Waals surface area contributed by atoms with Crippen LogP contribution in [0, 0.1) is 0 Å². The lowest BCUT2D eigenvalue weighted by Gasteiger charge is -2.30. The van der Waals surface area contributed by atoms with Crippen LogP contribution in [0.15, 0.2) is 35.7 Å². The van der Waals surface area contributed by atoms with Crippen molar-refractivity contribution in [3.8, 4) is 11.5 Å². The van der Waals surface area contributed by atoms with Gasteiger partial charge in [-0.05, 0) is 36.4 Å². The number of amides is 4. The van der Waals surface area contributed by atoms with Gasteiger partial charge in [0.1, 0.15) is 18.8 Å². The topological polar surface area (TPSA) is 88.2 Å². The third-order valence-electron chi connectivity index (χ3n) is 6.53. The number of carbonyl (C=O) groups is 3. The van der Waals surface area contributed by atoms with Gasteiger partial charge in [-0.2, -0.15) is 0 Å². The number of nitrogens with one attached hydrogen (secondary N) is 1. The average Bonchev–Trinajstić information content (AvgIpc) is 3.43. The van der Waals surface area contributed by atoms with Gasteiger partial charge in [0, 0.05) is 29.6 Å². The maximum Gasteiger partial charge on any atom is 0.325 e. The van der Waals surface area contributed by atoms with Crippen molar-refractivity contribution < 1.29 is 23.9 Å². The van der Waals surface area contributed by atoms with Crippen molar-refractivity contribution >= 4 is 34.9 Å². The number of fused-ring (bicyclic) bond motifs is 1. The molecule has 1 spiro atoms. The number of thiophene rings is 1. The van der Waals surface area contributed by atoms with Gasteiger partial charge < -0.3 is 19.7 Å². The van der Waals surface area contributed by atoms with Crippen molar-refractivity contribution in [2.45, 2.75) is 50.6 Å². The van der Waals surface area contributed by atoms with Gasteiger partial charge in [-0.15, -0.1) is 11.3 Å². The summed E-state index contributed by atoms with van der Waals surface area (Å²) >= 11 is 1.57. The van der Waals surface area contributed by atoms with Crippen LogP contribution >= 0.6 is 11.3 Å². The predicted octanol–water partition coefficient (Wildman–Crippen LogP) is 3.70. The second kappa shape index (κ2) is 9.05. The smallest absolute Gasteiger partial charge is 0.325 e. The summed E-state index contributed by atoms with van der Waals surface area (Å²) in [7, 11) is 0. The van der Waals surface area contributed by atoms with Gasteiger partial charge in [0.25, 0.3) is 5.91 Å². The minimum atomic E-state index is -0.773. The summed E-state index contributed by atoms with van der Waals surface area (Å²) in [6, 6.07) is 8.99.